The number of hydrogen-bond acceptors (Lipinski definition) is 4. The molecular weight excluding hydrogens is 306 g/mol. The average Bonchev–Trinajstić information content (AvgIpc) is 2.90. The molecule has 6 heteroatoms. The molecule has 0 bridgehead atoms. The molecule has 0 radical (unpaired) electrons. The number of likely N-dealkylation sites (tertiary alicyclic amines) is 1. The number of piperidine rings is 1. The topological polar surface area (TPSA) is 54.0 Å². The van der Waals surface area contributed by atoms with Crippen LogP contribution in [0.15, 0.2) is 18.2 Å². The van der Waals surface area contributed by atoms with E-state index in [1.165, 1.54) is 0 Å². The standard InChI is InChI=1S/C18H27N3O3/c1-12(2)21-16-7-8-20(11-15(16)19-18(21)22)10-13-5-6-14(23-3)9-17(13)24-4/h5-6,9,12,15-16H,7-8,10-11H2,1-4H3,(H,19,22)/t15-,16+/m1/s1. The fourth-order valence-corrected chi connectivity index (χ4v) is 3.85. The van der Waals surface area contributed by atoms with E-state index in [4.69, 9.17) is 9.47 Å². The van der Waals surface area contributed by atoms with E-state index >= 15 is 0 Å². The lowest BCUT2D eigenvalue weighted by Crippen LogP contribution is -2.51. The summed E-state index contributed by atoms with van der Waals surface area (Å²) in [5.74, 6) is 1.64. The zero-order valence-electron chi connectivity index (χ0n) is 14.9. The monoisotopic (exact) mass is 333 g/mol. The van der Waals surface area contributed by atoms with Crippen LogP contribution in [0.1, 0.15) is 25.8 Å². The molecule has 1 N–H and O–H groups in total. The molecule has 132 valence electrons. The molecule has 0 aromatic heterocycles. The lowest BCUT2D eigenvalue weighted by Gasteiger charge is -2.38. The van der Waals surface area contributed by atoms with Crippen LogP contribution in [-0.2, 0) is 6.54 Å². The van der Waals surface area contributed by atoms with Crippen molar-refractivity contribution in [3.05, 3.63) is 23.8 Å². The Labute approximate surface area is 143 Å². The van der Waals surface area contributed by atoms with Crippen molar-refractivity contribution >= 4 is 6.03 Å². The number of urea groups is 1. The second kappa shape index (κ2) is 6.89. The summed E-state index contributed by atoms with van der Waals surface area (Å²) in [4.78, 5) is 16.6. The zero-order chi connectivity index (χ0) is 17.3. The van der Waals surface area contributed by atoms with Crippen molar-refractivity contribution in [2.24, 2.45) is 0 Å². The number of carbonyl (C=O) groups is 1. The molecule has 0 spiro atoms. The van der Waals surface area contributed by atoms with Gasteiger partial charge in [0, 0.05) is 37.3 Å². The molecule has 2 aliphatic rings. The maximum Gasteiger partial charge on any atom is 0.318 e. The summed E-state index contributed by atoms with van der Waals surface area (Å²) in [7, 11) is 3.34. The SMILES string of the molecule is COc1ccc(CN2CC[C@H]3[C@@H](C2)NC(=O)N3C(C)C)c(OC)c1. The first-order valence-electron chi connectivity index (χ1n) is 8.55. The van der Waals surface area contributed by atoms with Crippen LogP contribution in [0.3, 0.4) is 0 Å². The molecule has 2 amide bonds. The largest absolute Gasteiger partial charge is 0.497 e. The minimum absolute atomic E-state index is 0.0730. The molecule has 2 aliphatic heterocycles. The van der Waals surface area contributed by atoms with Gasteiger partial charge >= 0.3 is 6.03 Å². The fraction of sp³-hybridized carbons (Fsp3) is 0.611. The zero-order valence-corrected chi connectivity index (χ0v) is 14.9. The predicted octanol–water partition coefficient (Wildman–Crippen LogP) is 2.08. The second-order valence-corrected chi connectivity index (χ2v) is 6.83. The Hall–Kier alpha value is -1.95. The number of benzene rings is 1. The minimum Gasteiger partial charge on any atom is -0.497 e. The molecule has 6 nitrogen and oxygen atoms in total. The first kappa shape index (κ1) is 16.9. The number of fused-ring (bicyclic) bond motifs is 1. The van der Waals surface area contributed by atoms with Gasteiger partial charge in [-0.25, -0.2) is 4.79 Å². The molecule has 0 saturated carbocycles. The number of rotatable bonds is 5. The molecule has 24 heavy (non-hydrogen) atoms. The van der Waals surface area contributed by atoms with Crippen LogP contribution in [0, 0.1) is 0 Å². The molecule has 3 rings (SSSR count). The molecule has 2 fully saturated rings. The van der Waals surface area contributed by atoms with Crippen molar-refractivity contribution in [2.75, 3.05) is 27.3 Å². The number of carbonyl (C=O) groups excluding carboxylic acids is 1. The smallest absolute Gasteiger partial charge is 0.318 e. The number of hydrogen-bond donors (Lipinski definition) is 1. The van der Waals surface area contributed by atoms with E-state index in [9.17, 15) is 4.79 Å². The highest BCUT2D eigenvalue weighted by molar-refractivity contribution is 5.78. The van der Waals surface area contributed by atoms with Crippen molar-refractivity contribution in [3.8, 4) is 11.5 Å². The highest BCUT2D eigenvalue weighted by Crippen LogP contribution is 2.29. The summed E-state index contributed by atoms with van der Waals surface area (Å²) in [5.41, 5.74) is 1.14. The van der Waals surface area contributed by atoms with Crippen LogP contribution in [0.4, 0.5) is 4.79 Å². The summed E-state index contributed by atoms with van der Waals surface area (Å²) in [6.45, 7) is 6.82. The molecule has 1 aromatic carbocycles. The molecule has 1 aromatic rings. The molecule has 0 unspecified atom stereocenters. The summed E-state index contributed by atoms with van der Waals surface area (Å²) in [6, 6.07) is 6.77. The maximum absolute atomic E-state index is 12.2. The Bertz CT molecular complexity index is 605. The molecule has 2 saturated heterocycles. The van der Waals surface area contributed by atoms with E-state index in [0.717, 1.165) is 43.1 Å². The summed E-state index contributed by atoms with van der Waals surface area (Å²) in [6.07, 6.45) is 1.00. The third-order valence-corrected chi connectivity index (χ3v) is 5.01. The van der Waals surface area contributed by atoms with Crippen molar-refractivity contribution in [2.45, 2.75) is 44.9 Å². The quantitative estimate of drug-likeness (QED) is 0.896. The Balaban J connectivity index is 1.68. The highest BCUT2D eigenvalue weighted by atomic mass is 16.5. The van der Waals surface area contributed by atoms with E-state index in [-0.39, 0.29) is 18.1 Å². The van der Waals surface area contributed by atoms with Gasteiger partial charge in [0.05, 0.1) is 26.3 Å². The van der Waals surface area contributed by atoms with Gasteiger partial charge in [-0.3, -0.25) is 4.90 Å². The Morgan fingerprint density at radius 3 is 2.75 bits per heavy atom. The third-order valence-electron chi connectivity index (χ3n) is 5.01. The second-order valence-electron chi connectivity index (χ2n) is 6.83. The molecule has 2 atom stereocenters. The number of amides is 2. The van der Waals surface area contributed by atoms with Gasteiger partial charge in [-0.15, -0.1) is 0 Å². The minimum atomic E-state index is 0.0730. The van der Waals surface area contributed by atoms with E-state index in [1.54, 1.807) is 14.2 Å². The summed E-state index contributed by atoms with van der Waals surface area (Å²) < 4.78 is 10.8. The van der Waals surface area contributed by atoms with Gasteiger partial charge in [0.2, 0.25) is 0 Å². The van der Waals surface area contributed by atoms with E-state index in [0.29, 0.717) is 6.04 Å². The van der Waals surface area contributed by atoms with Gasteiger partial charge in [0.25, 0.3) is 0 Å². The lowest BCUT2D eigenvalue weighted by molar-refractivity contribution is 0.121. The Morgan fingerprint density at radius 1 is 1.29 bits per heavy atom. The van der Waals surface area contributed by atoms with Crippen molar-refractivity contribution in [1.29, 1.82) is 0 Å². The molecule has 0 aliphatic carbocycles. The lowest BCUT2D eigenvalue weighted by atomic mass is 9.98. The number of nitrogens with zero attached hydrogens (tertiary/aromatic N) is 2. The molecular formula is C18H27N3O3. The van der Waals surface area contributed by atoms with Gasteiger partial charge in [-0.2, -0.15) is 0 Å². The maximum atomic E-state index is 12.2. The van der Waals surface area contributed by atoms with Crippen LogP contribution in [-0.4, -0.2) is 61.3 Å². The Kier molecular flexibility index (Phi) is 4.85. The number of methoxy groups -OCH3 is 2. The van der Waals surface area contributed by atoms with Gasteiger partial charge in [0.15, 0.2) is 0 Å². The van der Waals surface area contributed by atoms with Crippen molar-refractivity contribution in [3.63, 3.8) is 0 Å². The summed E-state index contributed by atoms with van der Waals surface area (Å²) >= 11 is 0. The first-order chi connectivity index (χ1) is 11.5. The Morgan fingerprint density at radius 2 is 2.08 bits per heavy atom. The van der Waals surface area contributed by atoms with Crippen LogP contribution < -0.4 is 14.8 Å². The number of nitrogens with one attached hydrogen (secondary N) is 1. The third kappa shape index (κ3) is 3.15. The van der Waals surface area contributed by atoms with Gasteiger partial charge in [-0.05, 0) is 26.3 Å². The van der Waals surface area contributed by atoms with Crippen molar-refractivity contribution < 1.29 is 14.3 Å². The van der Waals surface area contributed by atoms with Crippen molar-refractivity contribution in [1.82, 2.24) is 15.1 Å². The van der Waals surface area contributed by atoms with Crippen LogP contribution >= 0.6 is 0 Å². The van der Waals surface area contributed by atoms with Crippen LogP contribution in [0.2, 0.25) is 0 Å². The van der Waals surface area contributed by atoms with E-state index in [2.05, 4.69) is 30.1 Å². The predicted molar refractivity (Wildman–Crippen MR) is 92.5 cm³/mol. The van der Waals surface area contributed by atoms with Gasteiger partial charge in [0.1, 0.15) is 11.5 Å². The van der Waals surface area contributed by atoms with Crippen LogP contribution in [0.5, 0.6) is 11.5 Å². The van der Waals surface area contributed by atoms with Crippen LogP contribution in [0.25, 0.3) is 0 Å². The molecule has 2 heterocycles. The van der Waals surface area contributed by atoms with E-state index < -0.39 is 0 Å². The van der Waals surface area contributed by atoms with Gasteiger partial charge in [-0.1, -0.05) is 6.07 Å². The highest BCUT2D eigenvalue weighted by Gasteiger charge is 2.43. The van der Waals surface area contributed by atoms with Gasteiger partial charge < -0.3 is 19.7 Å². The average molecular weight is 333 g/mol. The summed E-state index contributed by atoms with van der Waals surface area (Å²) in [5, 5.41) is 3.14. The normalized spacial score (nSPS) is 24.0. The van der Waals surface area contributed by atoms with E-state index in [1.807, 2.05) is 17.0 Å². The first-order valence-corrected chi connectivity index (χ1v) is 8.55. The fourth-order valence-electron chi connectivity index (χ4n) is 3.85. The number of ether oxygens (including phenoxy) is 2.